The van der Waals surface area contributed by atoms with Gasteiger partial charge in [-0.1, -0.05) is 13.3 Å². The number of nitrogens with two attached hydrogens (primary N) is 1. The van der Waals surface area contributed by atoms with Crippen LogP contribution in [0.5, 0.6) is 0 Å². The smallest absolute Gasteiger partial charge is 0.0125 e. The lowest BCUT2D eigenvalue weighted by Crippen LogP contribution is -2.59. The Labute approximate surface area is 75.1 Å². The second-order valence-electron chi connectivity index (χ2n) is 4.49. The molecule has 0 aromatic rings. The van der Waals surface area contributed by atoms with E-state index in [0.717, 1.165) is 12.0 Å². The zero-order valence-corrected chi connectivity index (χ0v) is 8.00. The second kappa shape index (κ2) is 3.35. The van der Waals surface area contributed by atoms with Crippen molar-refractivity contribution in [3.63, 3.8) is 0 Å². The van der Waals surface area contributed by atoms with Crippen LogP contribution in [0.15, 0.2) is 0 Å². The molecule has 0 unspecified atom stereocenters. The predicted octanol–water partition coefficient (Wildman–Crippen LogP) is 1.21. The molecule has 1 saturated carbocycles. The highest BCUT2D eigenvalue weighted by molar-refractivity contribution is 4.94. The minimum Gasteiger partial charge on any atom is -0.328 e. The van der Waals surface area contributed by atoms with E-state index in [0.29, 0.717) is 6.04 Å². The summed E-state index contributed by atoms with van der Waals surface area (Å²) in [7, 11) is 0. The normalized spacial score (nSPS) is 37.5. The fraction of sp³-hybridized carbons (Fsp3) is 1.00. The third kappa shape index (κ3) is 1.50. The van der Waals surface area contributed by atoms with Crippen molar-refractivity contribution in [1.29, 1.82) is 0 Å². The first-order valence-corrected chi connectivity index (χ1v) is 5.29. The summed E-state index contributed by atoms with van der Waals surface area (Å²) >= 11 is 0. The number of likely N-dealkylation sites (tertiary alicyclic amines) is 1. The summed E-state index contributed by atoms with van der Waals surface area (Å²) in [6.45, 7) is 4.98. The first-order chi connectivity index (χ1) is 5.79. The van der Waals surface area contributed by atoms with E-state index in [1.165, 1.54) is 38.8 Å². The maximum Gasteiger partial charge on any atom is 0.0125 e. The Morgan fingerprint density at radius 1 is 1.33 bits per heavy atom. The molecule has 0 amide bonds. The molecule has 70 valence electrons. The van der Waals surface area contributed by atoms with Crippen LogP contribution in [0.2, 0.25) is 0 Å². The van der Waals surface area contributed by atoms with Crippen LogP contribution in [-0.2, 0) is 0 Å². The number of rotatable bonds is 3. The van der Waals surface area contributed by atoms with Crippen molar-refractivity contribution in [1.82, 2.24) is 4.90 Å². The van der Waals surface area contributed by atoms with Gasteiger partial charge in [0.05, 0.1) is 0 Å². The molecule has 2 fully saturated rings. The molecule has 0 bridgehead atoms. The Bertz CT molecular complexity index is 146. The molecule has 2 N–H and O–H groups in total. The van der Waals surface area contributed by atoms with Crippen LogP contribution in [0.3, 0.4) is 0 Å². The average molecular weight is 168 g/mol. The van der Waals surface area contributed by atoms with Crippen molar-refractivity contribution in [2.24, 2.45) is 11.7 Å². The summed E-state index contributed by atoms with van der Waals surface area (Å²) in [4.78, 5) is 2.61. The summed E-state index contributed by atoms with van der Waals surface area (Å²) in [6, 6.07) is 1.37. The van der Waals surface area contributed by atoms with Gasteiger partial charge in [0.1, 0.15) is 0 Å². The lowest BCUT2D eigenvalue weighted by Gasteiger charge is -2.50. The summed E-state index contributed by atoms with van der Waals surface area (Å²) in [6.07, 6.45) is 5.27. The van der Waals surface area contributed by atoms with Crippen LogP contribution >= 0.6 is 0 Å². The van der Waals surface area contributed by atoms with Gasteiger partial charge in [0.25, 0.3) is 0 Å². The minimum atomic E-state index is 0.514. The fourth-order valence-electron chi connectivity index (χ4n) is 2.43. The van der Waals surface area contributed by atoms with Crippen LogP contribution in [0, 0.1) is 5.92 Å². The minimum absolute atomic E-state index is 0.514. The van der Waals surface area contributed by atoms with E-state index in [1.807, 2.05) is 0 Å². The molecule has 2 heteroatoms. The van der Waals surface area contributed by atoms with Crippen molar-refractivity contribution in [2.75, 3.05) is 13.1 Å². The van der Waals surface area contributed by atoms with Gasteiger partial charge in [-0.25, -0.2) is 0 Å². The van der Waals surface area contributed by atoms with Gasteiger partial charge in [-0.15, -0.1) is 0 Å². The fourth-order valence-corrected chi connectivity index (χ4v) is 2.43. The molecule has 1 aliphatic heterocycles. The molecule has 0 aromatic heterocycles. The van der Waals surface area contributed by atoms with Crippen LogP contribution in [-0.4, -0.2) is 30.1 Å². The molecule has 0 aromatic carbocycles. The summed E-state index contributed by atoms with van der Waals surface area (Å²) < 4.78 is 0. The molecule has 0 atom stereocenters. The zero-order chi connectivity index (χ0) is 8.55. The first-order valence-electron chi connectivity index (χ1n) is 5.29. The quantitative estimate of drug-likeness (QED) is 0.686. The first kappa shape index (κ1) is 8.52. The molecule has 1 heterocycles. The number of hydrogen-bond acceptors (Lipinski definition) is 2. The molecular formula is C10H20N2. The Balaban J connectivity index is 1.62. The average Bonchev–Trinajstić information content (AvgIpc) is 1.90. The van der Waals surface area contributed by atoms with Gasteiger partial charge in [0, 0.05) is 25.2 Å². The van der Waals surface area contributed by atoms with Crippen molar-refractivity contribution in [2.45, 2.75) is 44.7 Å². The molecule has 2 nitrogen and oxygen atoms in total. The Hall–Kier alpha value is -0.0800. The lowest BCUT2D eigenvalue weighted by atomic mass is 9.82. The van der Waals surface area contributed by atoms with E-state index in [2.05, 4.69) is 11.8 Å². The molecule has 1 saturated heterocycles. The summed E-state index contributed by atoms with van der Waals surface area (Å²) in [5.41, 5.74) is 5.75. The standard InChI is InChI=1S/C10H20N2/c1-2-3-8-6-12(7-8)10-4-9(11)5-10/h8-10H,2-7,11H2,1H3. The highest BCUT2D eigenvalue weighted by atomic mass is 15.2. The second-order valence-corrected chi connectivity index (χ2v) is 4.49. The Kier molecular flexibility index (Phi) is 2.37. The van der Waals surface area contributed by atoms with Gasteiger partial charge in [0.15, 0.2) is 0 Å². The van der Waals surface area contributed by atoms with Crippen molar-refractivity contribution in [3.05, 3.63) is 0 Å². The lowest BCUT2D eigenvalue weighted by molar-refractivity contribution is 0.00540. The van der Waals surface area contributed by atoms with Gasteiger partial charge < -0.3 is 5.73 Å². The van der Waals surface area contributed by atoms with Crippen molar-refractivity contribution < 1.29 is 0 Å². The van der Waals surface area contributed by atoms with Gasteiger partial charge >= 0.3 is 0 Å². The molecule has 0 radical (unpaired) electrons. The van der Waals surface area contributed by atoms with Gasteiger partial charge in [-0.2, -0.15) is 0 Å². The zero-order valence-electron chi connectivity index (χ0n) is 8.00. The highest BCUT2D eigenvalue weighted by Gasteiger charge is 2.37. The van der Waals surface area contributed by atoms with Gasteiger partial charge in [0.2, 0.25) is 0 Å². The Morgan fingerprint density at radius 2 is 2.00 bits per heavy atom. The monoisotopic (exact) mass is 168 g/mol. The molecule has 2 rings (SSSR count). The molecule has 2 aliphatic rings. The van der Waals surface area contributed by atoms with E-state index in [1.54, 1.807) is 0 Å². The van der Waals surface area contributed by atoms with Crippen LogP contribution in [0.1, 0.15) is 32.6 Å². The largest absolute Gasteiger partial charge is 0.328 e. The molecule has 1 aliphatic carbocycles. The SMILES string of the molecule is CCCC1CN(C2CC(N)C2)C1. The van der Waals surface area contributed by atoms with Gasteiger partial charge in [-0.05, 0) is 25.2 Å². The predicted molar refractivity (Wildman–Crippen MR) is 51.0 cm³/mol. The third-order valence-electron chi connectivity index (χ3n) is 3.35. The van der Waals surface area contributed by atoms with Crippen LogP contribution in [0.4, 0.5) is 0 Å². The number of nitrogens with zero attached hydrogens (tertiary/aromatic N) is 1. The van der Waals surface area contributed by atoms with E-state index in [9.17, 15) is 0 Å². The summed E-state index contributed by atoms with van der Waals surface area (Å²) in [5, 5.41) is 0. The van der Waals surface area contributed by atoms with Crippen LogP contribution < -0.4 is 5.73 Å². The molecule has 0 spiro atoms. The topological polar surface area (TPSA) is 29.3 Å². The third-order valence-corrected chi connectivity index (χ3v) is 3.35. The van der Waals surface area contributed by atoms with Gasteiger partial charge in [-0.3, -0.25) is 4.90 Å². The van der Waals surface area contributed by atoms with E-state index >= 15 is 0 Å². The molecule has 12 heavy (non-hydrogen) atoms. The van der Waals surface area contributed by atoms with E-state index < -0.39 is 0 Å². The highest BCUT2D eigenvalue weighted by Crippen LogP contribution is 2.31. The van der Waals surface area contributed by atoms with Crippen molar-refractivity contribution >= 4 is 0 Å². The van der Waals surface area contributed by atoms with E-state index in [-0.39, 0.29) is 0 Å². The maximum absolute atomic E-state index is 5.75. The van der Waals surface area contributed by atoms with Crippen LogP contribution in [0.25, 0.3) is 0 Å². The number of hydrogen-bond donors (Lipinski definition) is 1. The molecular weight excluding hydrogens is 148 g/mol. The summed E-state index contributed by atoms with van der Waals surface area (Å²) in [5.74, 6) is 1.01. The van der Waals surface area contributed by atoms with Crippen molar-refractivity contribution in [3.8, 4) is 0 Å². The maximum atomic E-state index is 5.75. The van der Waals surface area contributed by atoms with E-state index in [4.69, 9.17) is 5.73 Å². The Morgan fingerprint density at radius 3 is 2.50 bits per heavy atom.